The minimum Gasteiger partial charge on any atom is -0.456 e. The molecule has 0 atom stereocenters. The molecule has 78 heavy (non-hydrogen) atoms. The molecule has 376 valence electrons. The average Bonchev–Trinajstić information content (AvgIpc) is 3.94. The van der Waals surface area contributed by atoms with E-state index in [1.807, 2.05) is 0 Å². The molecule has 12 aromatic carbocycles. The second-order valence-electron chi connectivity index (χ2n) is 22.0. The maximum Gasteiger partial charge on any atom is 0.136 e. The predicted octanol–water partition coefficient (Wildman–Crippen LogP) is 21.9. The number of para-hydroxylation sites is 3. The first kappa shape index (κ1) is 48.2. The zero-order valence-electron chi connectivity index (χ0n) is 44.8. The summed E-state index contributed by atoms with van der Waals surface area (Å²) in [6, 6.07) is 97.5. The van der Waals surface area contributed by atoms with Crippen molar-refractivity contribution in [1.82, 2.24) is 0 Å². The molecule has 3 heteroatoms. The van der Waals surface area contributed by atoms with Crippen molar-refractivity contribution in [3.63, 3.8) is 0 Å². The third kappa shape index (κ3) is 9.07. The largest absolute Gasteiger partial charge is 0.456 e. The van der Waals surface area contributed by atoms with Crippen LogP contribution >= 0.6 is 0 Å². The molecule has 0 radical (unpaired) electrons. The van der Waals surface area contributed by atoms with Crippen molar-refractivity contribution in [1.29, 1.82) is 0 Å². The number of rotatable bonds is 11. The Morgan fingerprint density at radius 2 is 0.705 bits per heavy atom. The second kappa shape index (κ2) is 19.9. The molecule has 0 aliphatic heterocycles. The van der Waals surface area contributed by atoms with Crippen LogP contribution < -0.4 is 9.80 Å². The van der Waals surface area contributed by atoms with Gasteiger partial charge in [-0.25, -0.2) is 0 Å². The van der Waals surface area contributed by atoms with Gasteiger partial charge in [-0.15, -0.1) is 0 Å². The number of nitrogens with zero attached hydrogens (tertiary/aromatic N) is 2. The molecular formula is C75H60N2O. The van der Waals surface area contributed by atoms with Gasteiger partial charge in [0.25, 0.3) is 0 Å². The maximum absolute atomic E-state index is 6.93. The maximum atomic E-state index is 6.93. The fourth-order valence-electron chi connectivity index (χ4n) is 11.3. The highest BCUT2D eigenvalue weighted by atomic mass is 16.3. The summed E-state index contributed by atoms with van der Waals surface area (Å²) in [6.45, 7) is 11.3. The minimum atomic E-state index is 0.0604. The molecule has 3 nitrogen and oxygen atoms in total. The van der Waals surface area contributed by atoms with Gasteiger partial charge in [-0.05, 0) is 151 Å². The van der Waals surface area contributed by atoms with Crippen molar-refractivity contribution in [3.8, 4) is 44.5 Å². The van der Waals surface area contributed by atoms with Crippen molar-refractivity contribution in [3.05, 3.63) is 278 Å². The van der Waals surface area contributed by atoms with Crippen LogP contribution in [0.15, 0.2) is 271 Å². The molecule has 0 aliphatic carbocycles. The number of anilines is 6. The Balaban J connectivity index is 0.925. The monoisotopic (exact) mass is 1000 g/mol. The summed E-state index contributed by atoms with van der Waals surface area (Å²) < 4.78 is 6.93. The normalized spacial score (nSPS) is 11.8. The van der Waals surface area contributed by atoms with E-state index in [0.29, 0.717) is 5.92 Å². The molecule has 0 fully saturated rings. The van der Waals surface area contributed by atoms with Gasteiger partial charge in [0.15, 0.2) is 0 Å². The number of fused-ring (bicyclic) bond motifs is 5. The Morgan fingerprint density at radius 1 is 0.321 bits per heavy atom. The van der Waals surface area contributed by atoms with E-state index in [0.717, 1.165) is 99.9 Å². The van der Waals surface area contributed by atoms with Crippen molar-refractivity contribution >= 4 is 77.6 Å². The topological polar surface area (TPSA) is 19.6 Å². The fraction of sp³-hybridized carbons (Fsp3) is 0.0933. The predicted molar refractivity (Wildman–Crippen MR) is 333 cm³/mol. The van der Waals surface area contributed by atoms with Crippen LogP contribution in [0.4, 0.5) is 34.1 Å². The molecular weight excluding hydrogens is 945 g/mol. The average molecular weight is 1010 g/mol. The third-order valence-electron chi connectivity index (χ3n) is 15.6. The summed E-state index contributed by atoms with van der Waals surface area (Å²) in [4.78, 5) is 4.83. The van der Waals surface area contributed by atoms with Gasteiger partial charge in [0.2, 0.25) is 0 Å². The minimum absolute atomic E-state index is 0.0604. The van der Waals surface area contributed by atoms with Crippen LogP contribution in [0.2, 0.25) is 0 Å². The van der Waals surface area contributed by atoms with Crippen molar-refractivity contribution < 1.29 is 4.42 Å². The smallest absolute Gasteiger partial charge is 0.136 e. The lowest BCUT2D eigenvalue weighted by Crippen LogP contribution is -2.12. The van der Waals surface area contributed by atoms with Crippen molar-refractivity contribution in [2.24, 2.45) is 0 Å². The highest BCUT2D eigenvalue weighted by Gasteiger charge is 2.23. The standard InChI is InChI=1S/C75H60N2O/c1-50(2)51-28-30-55(31-29-51)67-24-14-17-27-72(67)77(71-26-16-13-22-65(71)54-20-10-7-11-21-54)64-43-37-58-47-69-68-46-57-36-42-63(44-59(57)48-73(68)78-74(69)49-60(58)45-64)76(62-40-34-53(35-41-62)52-18-8-6-9-19-52)70-25-15-12-23-66(70)56-32-38-61(39-33-56)75(3,4)5/h6-50H,1-5H3. The Kier molecular flexibility index (Phi) is 12.3. The fourth-order valence-corrected chi connectivity index (χ4v) is 11.3. The number of hydrogen-bond donors (Lipinski definition) is 0. The van der Waals surface area contributed by atoms with Gasteiger partial charge in [-0.2, -0.15) is 0 Å². The van der Waals surface area contributed by atoms with E-state index in [4.69, 9.17) is 4.42 Å². The third-order valence-corrected chi connectivity index (χ3v) is 15.6. The highest BCUT2D eigenvalue weighted by Crippen LogP contribution is 2.47. The van der Waals surface area contributed by atoms with Crippen LogP contribution in [0.5, 0.6) is 0 Å². The lowest BCUT2D eigenvalue weighted by Gasteiger charge is -2.30. The first-order valence-electron chi connectivity index (χ1n) is 27.2. The van der Waals surface area contributed by atoms with Gasteiger partial charge in [-0.1, -0.05) is 223 Å². The van der Waals surface area contributed by atoms with E-state index < -0.39 is 0 Å². The van der Waals surface area contributed by atoms with E-state index in [-0.39, 0.29) is 5.41 Å². The molecule has 0 bridgehead atoms. The summed E-state index contributed by atoms with van der Waals surface area (Å²) in [5.41, 5.74) is 20.3. The Labute approximate surface area is 457 Å². The van der Waals surface area contributed by atoms with E-state index in [1.165, 1.54) is 33.4 Å². The molecule has 0 amide bonds. The molecule has 0 N–H and O–H groups in total. The molecule has 0 saturated carbocycles. The number of furan rings is 1. The van der Waals surface area contributed by atoms with Crippen LogP contribution in [0.25, 0.3) is 88.0 Å². The number of benzene rings is 12. The molecule has 1 heterocycles. The van der Waals surface area contributed by atoms with Gasteiger partial charge in [0.05, 0.1) is 17.1 Å². The molecule has 13 aromatic rings. The van der Waals surface area contributed by atoms with Gasteiger partial charge in [-0.3, -0.25) is 0 Å². The number of hydrogen-bond acceptors (Lipinski definition) is 3. The zero-order valence-corrected chi connectivity index (χ0v) is 44.8. The Hall–Kier alpha value is -9.44. The quantitative estimate of drug-likeness (QED) is 0.129. The lowest BCUT2D eigenvalue weighted by molar-refractivity contribution is 0.590. The van der Waals surface area contributed by atoms with E-state index in [9.17, 15) is 0 Å². The van der Waals surface area contributed by atoms with Gasteiger partial charge >= 0.3 is 0 Å². The van der Waals surface area contributed by atoms with Crippen molar-refractivity contribution in [2.75, 3.05) is 9.80 Å². The van der Waals surface area contributed by atoms with Crippen LogP contribution in [0, 0.1) is 0 Å². The van der Waals surface area contributed by atoms with Crippen molar-refractivity contribution in [2.45, 2.75) is 46.0 Å². The highest BCUT2D eigenvalue weighted by molar-refractivity contribution is 6.14. The Bertz CT molecular complexity index is 4300. The zero-order chi connectivity index (χ0) is 52.9. The SMILES string of the molecule is CC(C)c1ccc(-c2ccccc2N(c2ccc3cc4c(cc3c2)oc2cc3cc(N(c5ccc(-c6ccccc6)cc5)c5ccccc5-c5ccc(C(C)(C)C)cc5)ccc3cc24)c2ccccc2-c2ccccc2)cc1. The molecule has 13 rings (SSSR count). The molecule has 0 aliphatic rings. The van der Waals surface area contributed by atoms with Gasteiger partial charge in [0.1, 0.15) is 11.2 Å². The summed E-state index contributed by atoms with van der Waals surface area (Å²) in [5, 5.41) is 6.72. The van der Waals surface area contributed by atoms with E-state index in [1.54, 1.807) is 0 Å². The van der Waals surface area contributed by atoms with Crippen LogP contribution in [-0.2, 0) is 5.41 Å². The van der Waals surface area contributed by atoms with Gasteiger partial charge in [0, 0.05) is 44.5 Å². The van der Waals surface area contributed by atoms with Crippen LogP contribution in [0.3, 0.4) is 0 Å². The molecule has 1 aromatic heterocycles. The summed E-state index contributed by atoms with van der Waals surface area (Å²) in [6.07, 6.45) is 0. The summed E-state index contributed by atoms with van der Waals surface area (Å²) in [7, 11) is 0. The first-order chi connectivity index (χ1) is 38.1. The molecule has 0 spiro atoms. The lowest BCUT2D eigenvalue weighted by atomic mass is 9.86. The second-order valence-corrected chi connectivity index (χ2v) is 22.0. The first-order valence-corrected chi connectivity index (χ1v) is 27.2. The molecule has 0 unspecified atom stereocenters. The van der Waals surface area contributed by atoms with Crippen LogP contribution in [0.1, 0.15) is 51.7 Å². The summed E-state index contributed by atoms with van der Waals surface area (Å²) >= 11 is 0. The van der Waals surface area contributed by atoms with E-state index >= 15 is 0 Å². The molecule has 0 saturated heterocycles. The van der Waals surface area contributed by atoms with E-state index in [2.05, 4.69) is 311 Å². The summed E-state index contributed by atoms with van der Waals surface area (Å²) in [5.74, 6) is 0.453. The van der Waals surface area contributed by atoms with Gasteiger partial charge < -0.3 is 14.2 Å². The Morgan fingerprint density at radius 3 is 1.19 bits per heavy atom. The van der Waals surface area contributed by atoms with Crippen LogP contribution in [-0.4, -0.2) is 0 Å².